The van der Waals surface area contributed by atoms with Gasteiger partial charge < -0.3 is 14.5 Å². The van der Waals surface area contributed by atoms with Crippen LogP contribution in [0.4, 0.5) is 0 Å². The first kappa shape index (κ1) is 21.7. The van der Waals surface area contributed by atoms with E-state index in [-0.39, 0.29) is 17.7 Å². The van der Waals surface area contributed by atoms with Crippen molar-refractivity contribution in [1.82, 2.24) is 9.80 Å². The van der Waals surface area contributed by atoms with Gasteiger partial charge in [-0.3, -0.25) is 9.59 Å². The van der Waals surface area contributed by atoms with Crippen molar-refractivity contribution < 1.29 is 14.3 Å². The highest BCUT2D eigenvalue weighted by atomic mass is 35.5. The van der Waals surface area contributed by atoms with E-state index < -0.39 is 0 Å². The Balaban J connectivity index is 1.29. The Bertz CT molecular complexity index is 909. The van der Waals surface area contributed by atoms with Crippen molar-refractivity contribution in [3.05, 3.63) is 64.7 Å². The zero-order valence-corrected chi connectivity index (χ0v) is 18.5. The van der Waals surface area contributed by atoms with Crippen LogP contribution in [0.3, 0.4) is 0 Å². The lowest BCUT2D eigenvalue weighted by molar-refractivity contribution is 0.0633. The number of carbonyl (C=O) groups excluding carboxylic acids is 2. The highest BCUT2D eigenvalue weighted by Gasteiger charge is 2.25. The van der Waals surface area contributed by atoms with Crippen LogP contribution in [-0.4, -0.2) is 54.4 Å². The zero-order valence-electron chi connectivity index (χ0n) is 17.8. The fourth-order valence-electron chi connectivity index (χ4n) is 4.38. The molecule has 2 fully saturated rings. The Kier molecular flexibility index (Phi) is 7.13. The summed E-state index contributed by atoms with van der Waals surface area (Å²) in [6.45, 7) is 3.69. The Morgan fingerprint density at radius 2 is 1.58 bits per heavy atom. The van der Waals surface area contributed by atoms with Gasteiger partial charge in [0.25, 0.3) is 11.8 Å². The number of hydrogen-bond donors (Lipinski definition) is 0. The molecule has 4 rings (SSSR count). The van der Waals surface area contributed by atoms with Crippen molar-refractivity contribution in [2.45, 2.75) is 32.1 Å². The lowest BCUT2D eigenvalue weighted by Gasteiger charge is -2.32. The van der Waals surface area contributed by atoms with Crippen LogP contribution in [0.5, 0.6) is 5.75 Å². The highest BCUT2D eigenvalue weighted by Crippen LogP contribution is 2.22. The van der Waals surface area contributed by atoms with Crippen molar-refractivity contribution >= 4 is 23.4 Å². The number of carbonyl (C=O) groups is 2. The summed E-state index contributed by atoms with van der Waals surface area (Å²) in [6, 6.07) is 14.5. The molecule has 0 N–H and O–H groups in total. The number of nitrogens with zero attached hydrogens (tertiary/aromatic N) is 2. The maximum absolute atomic E-state index is 12.8. The predicted molar refractivity (Wildman–Crippen MR) is 122 cm³/mol. The molecule has 1 unspecified atom stereocenters. The number of amides is 2. The molecule has 0 aliphatic carbocycles. The van der Waals surface area contributed by atoms with E-state index in [1.807, 2.05) is 34.1 Å². The van der Waals surface area contributed by atoms with E-state index in [9.17, 15) is 9.59 Å². The van der Waals surface area contributed by atoms with Crippen molar-refractivity contribution in [2.75, 3.05) is 32.8 Å². The molecule has 0 spiro atoms. The van der Waals surface area contributed by atoms with Gasteiger partial charge in [0.15, 0.2) is 0 Å². The number of benzene rings is 2. The zero-order chi connectivity index (χ0) is 21.6. The molecule has 5 nitrogen and oxygen atoms in total. The summed E-state index contributed by atoms with van der Waals surface area (Å²) in [5, 5.41) is 0.574. The van der Waals surface area contributed by atoms with Crippen LogP contribution in [0.25, 0.3) is 0 Å². The van der Waals surface area contributed by atoms with Crippen molar-refractivity contribution in [3.8, 4) is 5.75 Å². The van der Waals surface area contributed by atoms with Crippen LogP contribution in [0.15, 0.2) is 48.5 Å². The SMILES string of the molecule is O=C(c1ccc(OCC2CCCN(C(=O)c3cccc(Cl)c3)C2)cc1)N1CCCCC1. The van der Waals surface area contributed by atoms with Crippen molar-refractivity contribution in [1.29, 1.82) is 0 Å². The molecule has 2 aromatic rings. The number of piperidine rings is 2. The number of rotatable bonds is 5. The Labute approximate surface area is 188 Å². The van der Waals surface area contributed by atoms with Crippen molar-refractivity contribution in [2.24, 2.45) is 5.92 Å². The Morgan fingerprint density at radius 1 is 0.871 bits per heavy atom. The van der Waals surface area contributed by atoms with Gasteiger partial charge in [0.2, 0.25) is 0 Å². The van der Waals surface area contributed by atoms with E-state index in [2.05, 4.69) is 0 Å². The van der Waals surface area contributed by atoms with Crippen LogP contribution in [0.2, 0.25) is 5.02 Å². The van der Waals surface area contributed by atoms with Gasteiger partial charge in [-0.05, 0) is 74.6 Å². The second-order valence-electron chi connectivity index (χ2n) is 8.46. The fourth-order valence-corrected chi connectivity index (χ4v) is 4.57. The van der Waals surface area contributed by atoms with Crippen LogP contribution >= 0.6 is 11.6 Å². The minimum Gasteiger partial charge on any atom is -0.493 e. The second kappa shape index (κ2) is 10.2. The van der Waals surface area contributed by atoms with Crippen LogP contribution < -0.4 is 4.74 Å². The minimum atomic E-state index is 0.0211. The number of halogens is 1. The maximum Gasteiger partial charge on any atom is 0.253 e. The highest BCUT2D eigenvalue weighted by molar-refractivity contribution is 6.30. The largest absolute Gasteiger partial charge is 0.493 e. The van der Waals surface area contributed by atoms with Gasteiger partial charge in [-0.15, -0.1) is 0 Å². The van der Waals surface area contributed by atoms with E-state index in [0.29, 0.717) is 29.3 Å². The summed E-state index contributed by atoms with van der Waals surface area (Å²) in [7, 11) is 0. The van der Waals surface area contributed by atoms with Gasteiger partial charge in [0.1, 0.15) is 5.75 Å². The van der Waals surface area contributed by atoms with E-state index in [0.717, 1.165) is 51.1 Å². The molecule has 6 heteroatoms. The maximum atomic E-state index is 12.8. The number of ether oxygens (including phenoxy) is 1. The first-order valence-electron chi connectivity index (χ1n) is 11.2. The molecule has 2 heterocycles. The number of hydrogen-bond acceptors (Lipinski definition) is 3. The Morgan fingerprint density at radius 3 is 2.32 bits per heavy atom. The van der Waals surface area contributed by atoms with Crippen LogP contribution in [0.1, 0.15) is 52.8 Å². The molecule has 2 saturated heterocycles. The smallest absolute Gasteiger partial charge is 0.253 e. The third-order valence-corrected chi connectivity index (χ3v) is 6.34. The predicted octanol–water partition coefficient (Wildman–Crippen LogP) is 4.90. The molecule has 2 amide bonds. The van der Waals surface area contributed by atoms with Crippen LogP contribution in [-0.2, 0) is 0 Å². The monoisotopic (exact) mass is 440 g/mol. The summed E-state index contributed by atoms with van der Waals surface area (Å²) in [5.41, 5.74) is 1.34. The Hall–Kier alpha value is -2.53. The average Bonchev–Trinajstić information content (AvgIpc) is 2.83. The minimum absolute atomic E-state index is 0.0211. The van der Waals surface area contributed by atoms with E-state index >= 15 is 0 Å². The normalized spacial score (nSPS) is 19.2. The van der Waals surface area contributed by atoms with Gasteiger partial charge in [-0.25, -0.2) is 0 Å². The molecule has 0 saturated carbocycles. The fraction of sp³-hybridized carbons (Fsp3) is 0.440. The summed E-state index contributed by atoms with van der Waals surface area (Å²) in [4.78, 5) is 29.2. The topological polar surface area (TPSA) is 49.9 Å². The molecule has 2 aromatic carbocycles. The molecule has 31 heavy (non-hydrogen) atoms. The lowest BCUT2D eigenvalue weighted by Crippen LogP contribution is -2.41. The third-order valence-electron chi connectivity index (χ3n) is 6.11. The van der Waals surface area contributed by atoms with Crippen LogP contribution in [0, 0.1) is 5.92 Å². The summed E-state index contributed by atoms with van der Waals surface area (Å²) < 4.78 is 5.99. The van der Waals surface area contributed by atoms with Gasteiger partial charge in [-0.2, -0.15) is 0 Å². The standard InChI is InChI=1S/C25H29ClN2O3/c26-22-8-4-7-21(16-22)25(30)28-15-5-6-19(17-28)18-31-23-11-9-20(10-12-23)24(29)27-13-2-1-3-14-27/h4,7-12,16,19H,1-3,5-6,13-15,17-18H2. The van der Waals surface area contributed by atoms with Crippen molar-refractivity contribution in [3.63, 3.8) is 0 Å². The quantitative estimate of drug-likeness (QED) is 0.664. The summed E-state index contributed by atoms with van der Waals surface area (Å²) in [6.07, 6.45) is 5.38. The first-order valence-corrected chi connectivity index (χ1v) is 11.5. The van der Waals surface area contributed by atoms with Gasteiger partial charge in [0, 0.05) is 48.2 Å². The molecular formula is C25H29ClN2O3. The number of likely N-dealkylation sites (tertiary alicyclic amines) is 2. The molecule has 164 valence electrons. The molecular weight excluding hydrogens is 412 g/mol. The molecule has 0 bridgehead atoms. The second-order valence-corrected chi connectivity index (χ2v) is 8.89. The summed E-state index contributed by atoms with van der Waals surface area (Å²) >= 11 is 6.03. The molecule has 0 aromatic heterocycles. The van der Waals surface area contributed by atoms with Gasteiger partial charge in [-0.1, -0.05) is 17.7 Å². The molecule has 1 atom stereocenters. The molecule has 2 aliphatic rings. The molecule has 0 radical (unpaired) electrons. The van der Waals surface area contributed by atoms with Gasteiger partial charge in [0.05, 0.1) is 6.61 Å². The molecule has 2 aliphatic heterocycles. The first-order chi connectivity index (χ1) is 15.1. The average molecular weight is 441 g/mol. The van der Waals surface area contributed by atoms with Gasteiger partial charge >= 0.3 is 0 Å². The van der Waals surface area contributed by atoms with E-state index in [1.54, 1.807) is 24.3 Å². The lowest BCUT2D eigenvalue weighted by atomic mass is 9.98. The van der Waals surface area contributed by atoms with E-state index in [4.69, 9.17) is 16.3 Å². The summed E-state index contributed by atoms with van der Waals surface area (Å²) in [5.74, 6) is 1.17. The third kappa shape index (κ3) is 5.59. The van der Waals surface area contributed by atoms with E-state index in [1.165, 1.54) is 6.42 Å².